The van der Waals surface area contributed by atoms with Gasteiger partial charge < -0.3 is 38.3 Å². The van der Waals surface area contributed by atoms with Crippen LogP contribution in [-0.2, 0) is 57.8 Å². The number of hydrogen-bond acceptors (Lipinski definition) is 9. The summed E-state index contributed by atoms with van der Waals surface area (Å²) in [4.78, 5) is 65.9. The van der Waals surface area contributed by atoms with Gasteiger partial charge in [-0.25, -0.2) is 23.9 Å². The summed E-state index contributed by atoms with van der Waals surface area (Å²) in [6, 6.07) is 19.7. The number of aryl methyl sites for hydroxylation is 2. The molecule has 4 aliphatic rings. The van der Waals surface area contributed by atoms with Crippen molar-refractivity contribution in [1.82, 2.24) is 28.9 Å². The Balaban J connectivity index is 0.878. The van der Waals surface area contributed by atoms with Crippen LogP contribution in [0.4, 0.5) is 14.0 Å². The van der Waals surface area contributed by atoms with Crippen molar-refractivity contribution in [2.24, 2.45) is 11.8 Å². The largest absolute Gasteiger partial charge is 0.481 e. The van der Waals surface area contributed by atoms with Gasteiger partial charge in [-0.05, 0) is 162 Å². The van der Waals surface area contributed by atoms with Gasteiger partial charge >= 0.3 is 24.1 Å². The van der Waals surface area contributed by atoms with Crippen molar-refractivity contribution in [3.05, 3.63) is 123 Å². The van der Waals surface area contributed by atoms with Gasteiger partial charge in [0.2, 0.25) is 0 Å². The van der Waals surface area contributed by atoms with Gasteiger partial charge in [0.1, 0.15) is 23.2 Å². The molecule has 384 valence electrons. The molecule has 10 rings (SSSR count). The number of aliphatic carboxylic acids is 1. The van der Waals surface area contributed by atoms with Gasteiger partial charge in [0.05, 0.1) is 61.2 Å². The number of benzene rings is 4. The second kappa shape index (κ2) is 20.6. The number of ether oxygens (including phenoxy) is 3. The summed E-state index contributed by atoms with van der Waals surface area (Å²) in [5.74, 6) is 0.389. The average Bonchev–Trinajstić information content (AvgIpc) is 4.01. The van der Waals surface area contributed by atoms with E-state index in [-0.39, 0.29) is 53.8 Å². The van der Waals surface area contributed by atoms with Crippen molar-refractivity contribution in [3.8, 4) is 5.75 Å². The number of esters is 1. The molecule has 2 aromatic heterocycles. The summed E-state index contributed by atoms with van der Waals surface area (Å²) >= 11 is 0. The summed E-state index contributed by atoms with van der Waals surface area (Å²) in [7, 11) is 2.80. The summed E-state index contributed by atoms with van der Waals surface area (Å²) in [6.07, 6.45) is 7.44. The Hall–Kier alpha value is -6.77. The summed E-state index contributed by atoms with van der Waals surface area (Å²) < 4.78 is 35.8. The van der Waals surface area contributed by atoms with Crippen molar-refractivity contribution >= 4 is 46.2 Å². The lowest BCUT2D eigenvalue weighted by Crippen LogP contribution is -2.35. The maximum atomic E-state index is 14.8. The zero-order chi connectivity index (χ0) is 51.2. The highest BCUT2D eigenvalue weighted by Crippen LogP contribution is 2.43. The zero-order valence-electron chi connectivity index (χ0n) is 42.9. The average molecular weight is 995 g/mol. The number of carboxylic acids is 1. The highest BCUT2D eigenvalue weighted by molar-refractivity contribution is 5.84. The topological polar surface area (TPSA) is 158 Å². The minimum Gasteiger partial charge on any atom is -0.481 e. The van der Waals surface area contributed by atoms with Gasteiger partial charge in [-0.3, -0.25) is 9.59 Å². The summed E-state index contributed by atoms with van der Waals surface area (Å²) in [5, 5.41) is 10.1. The van der Waals surface area contributed by atoms with E-state index < -0.39 is 11.9 Å². The molecule has 4 aromatic carbocycles. The molecule has 0 bridgehead atoms. The number of amides is 2. The number of halogens is 1. The van der Waals surface area contributed by atoms with Gasteiger partial charge in [0.15, 0.2) is 0 Å². The highest BCUT2D eigenvalue weighted by atomic mass is 19.1. The second-order valence-corrected chi connectivity index (χ2v) is 21.3. The first kappa shape index (κ1) is 49.8. The van der Waals surface area contributed by atoms with E-state index in [0.717, 1.165) is 92.8 Å². The van der Waals surface area contributed by atoms with Gasteiger partial charge in [0, 0.05) is 48.1 Å². The second-order valence-electron chi connectivity index (χ2n) is 21.3. The van der Waals surface area contributed by atoms with Crippen LogP contribution >= 0.6 is 0 Å². The van der Waals surface area contributed by atoms with Gasteiger partial charge in [-0.1, -0.05) is 36.8 Å². The number of fused-ring (bicyclic) bond motifs is 6. The molecule has 2 fully saturated rings. The first-order chi connectivity index (χ1) is 35.2. The minimum atomic E-state index is -0.768. The fourth-order valence-corrected chi connectivity index (χ4v) is 12.5. The molecule has 6 aromatic rings. The van der Waals surface area contributed by atoms with Crippen molar-refractivity contribution < 1.29 is 42.9 Å². The van der Waals surface area contributed by atoms with Crippen molar-refractivity contribution in [2.75, 3.05) is 27.3 Å². The maximum absolute atomic E-state index is 14.8. The lowest BCUT2D eigenvalue weighted by Gasteiger charge is -2.29. The van der Waals surface area contributed by atoms with Crippen LogP contribution in [0.15, 0.2) is 60.7 Å². The molecule has 14 nitrogen and oxygen atoms in total. The Bertz CT molecular complexity index is 3120. The molecule has 2 aliphatic heterocycles. The predicted molar refractivity (Wildman–Crippen MR) is 274 cm³/mol. The third-order valence-electron chi connectivity index (χ3n) is 16.6. The third kappa shape index (κ3) is 9.79. The van der Waals surface area contributed by atoms with E-state index in [4.69, 9.17) is 24.2 Å². The monoisotopic (exact) mass is 995 g/mol. The number of carboxylic acid groups (broad SMARTS) is 1. The van der Waals surface area contributed by atoms with Crippen LogP contribution in [0, 0.1) is 31.5 Å². The first-order valence-electron chi connectivity index (χ1n) is 26.2. The molecule has 0 radical (unpaired) electrons. The van der Waals surface area contributed by atoms with Gasteiger partial charge in [-0.2, -0.15) is 0 Å². The molecule has 2 aliphatic carbocycles. The van der Waals surface area contributed by atoms with E-state index >= 15 is 0 Å². The molecule has 4 atom stereocenters. The van der Waals surface area contributed by atoms with E-state index in [1.165, 1.54) is 19.8 Å². The Morgan fingerprint density at radius 1 is 0.685 bits per heavy atom. The van der Waals surface area contributed by atoms with Crippen LogP contribution in [0.1, 0.15) is 145 Å². The zero-order valence-corrected chi connectivity index (χ0v) is 42.9. The van der Waals surface area contributed by atoms with E-state index in [1.54, 1.807) is 22.8 Å². The molecule has 0 saturated heterocycles. The molecule has 0 unspecified atom stereocenters. The maximum Gasteiger partial charge on any atom is 0.409 e. The molecule has 2 amide bonds. The highest BCUT2D eigenvalue weighted by Gasteiger charge is 2.36. The van der Waals surface area contributed by atoms with Crippen LogP contribution < -0.4 is 4.74 Å². The standard InChI is InChI=1S/C58H67FN6O8/c1-33-11-19-45(30-44(33)27-36(4)65-50-21-18-39-23-25-63(58(70)72-6)32-47(39)52(50)61-54(65)42-8-7-9-43(29-42)55(66)67)73-56(68)41-15-13-40(14-16-41)53-60-51-46-31-62(57(69)71-5)24-22-38(46)17-20-49(51)64(53)35(3)26-37-12-10-34(2)48(59)28-37/h10-12,17-21,28,30,35-36,40-43H,7-9,13-16,22-27,29,31-32H2,1-6H3,(H,66,67)/t35-,36-,40?,41?,42-,43-/m1/s1. The lowest BCUT2D eigenvalue weighted by molar-refractivity contribution is -0.143. The minimum absolute atomic E-state index is 0.0411. The number of nitrogens with zero attached hydrogens (tertiary/aromatic N) is 6. The summed E-state index contributed by atoms with van der Waals surface area (Å²) in [6.45, 7) is 10.1. The van der Waals surface area contributed by atoms with E-state index in [9.17, 15) is 28.7 Å². The number of imidazole rings is 2. The molecular formula is C58H67FN6O8. The third-order valence-corrected chi connectivity index (χ3v) is 16.6. The SMILES string of the molecule is COC(=O)N1CCc2ccc3c(nc(C4CCC(C(=O)Oc5ccc(C)c(C[C@@H](C)n6c([C@@H]7CCC[C@@H](C(=O)O)C7)nc7c8c(ccc76)CCN(C(=O)OC)C8)c5)CC4)n3[C@H](C)Cc3ccc(C)c(F)c3)c2C1. The summed E-state index contributed by atoms with van der Waals surface area (Å²) in [5.41, 5.74) is 11.6. The predicted octanol–water partition coefficient (Wildman–Crippen LogP) is 11.2. The van der Waals surface area contributed by atoms with Crippen LogP contribution in [0.25, 0.3) is 22.1 Å². The number of carbonyl (C=O) groups excluding carboxylic acids is 3. The molecular weight excluding hydrogens is 928 g/mol. The Labute approximate surface area is 425 Å². The molecule has 4 heterocycles. The van der Waals surface area contributed by atoms with E-state index in [2.05, 4.69) is 54.2 Å². The quantitative estimate of drug-likeness (QED) is 0.0978. The van der Waals surface area contributed by atoms with Crippen LogP contribution in [0.3, 0.4) is 0 Å². The van der Waals surface area contributed by atoms with Crippen LogP contribution in [0.5, 0.6) is 5.75 Å². The number of rotatable bonds is 11. The van der Waals surface area contributed by atoms with E-state index in [0.29, 0.717) is 88.9 Å². The van der Waals surface area contributed by atoms with Crippen molar-refractivity contribution in [3.63, 3.8) is 0 Å². The smallest absolute Gasteiger partial charge is 0.409 e. The Morgan fingerprint density at radius 2 is 1.26 bits per heavy atom. The Morgan fingerprint density at radius 3 is 1.84 bits per heavy atom. The molecule has 15 heteroatoms. The van der Waals surface area contributed by atoms with Crippen LogP contribution in [-0.4, -0.2) is 85.4 Å². The molecule has 73 heavy (non-hydrogen) atoms. The fourth-order valence-electron chi connectivity index (χ4n) is 12.5. The number of aromatic nitrogens is 4. The number of carbonyl (C=O) groups is 4. The first-order valence-corrected chi connectivity index (χ1v) is 26.2. The van der Waals surface area contributed by atoms with Crippen molar-refractivity contribution in [1.29, 1.82) is 0 Å². The van der Waals surface area contributed by atoms with E-state index in [1.807, 2.05) is 30.3 Å². The normalized spacial score (nSPS) is 20.8. The molecule has 2 saturated carbocycles. The number of hydrogen-bond donors (Lipinski definition) is 1. The van der Waals surface area contributed by atoms with Crippen molar-refractivity contribution in [2.45, 2.75) is 142 Å². The fraction of sp³-hybridized carbons (Fsp3) is 0.483. The Kier molecular flexibility index (Phi) is 14.1. The molecule has 1 N–H and O–H groups in total. The number of methoxy groups -OCH3 is 2. The van der Waals surface area contributed by atoms with Crippen LogP contribution in [0.2, 0.25) is 0 Å². The van der Waals surface area contributed by atoms with Gasteiger partial charge in [0.25, 0.3) is 0 Å². The molecule has 0 spiro atoms. The lowest BCUT2D eigenvalue weighted by atomic mass is 9.81. The van der Waals surface area contributed by atoms with Gasteiger partial charge in [-0.15, -0.1) is 0 Å².